The van der Waals surface area contributed by atoms with E-state index in [9.17, 15) is 9.59 Å². The highest BCUT2D eigenvalue weighted by Crippen LogP contribution is 2.42. The molecule has 1 aliphatic heterocycles. The van der Waals surface area contributed by atoms with E-state index in [4.69, 9.17) is 39.8 Å². The minimum atomic E-state index is -0.687. The third-order valence-corrected chi connectivity index (χ3v) is 7.99. The fraction of sp³-hybridized carbons (Fsp3) is 0.625. The largest absolute Gasteiger partial charge is 0.309 e. The van der Waals surface area contributed by atoms with E-state index in [2.05, 4.69) is 10.2 Å². The quantitative estimate of drug-likeness (QED) is 0.372. The van der Waals surface area contributed by atoms with Gasteiger partial charge in [-0.3, -0.25) is 14.6 Å². The molecule has 6 unspecified atom stereocenters. The van der Waals surface area contributed by atoms with Gasteiger partial charge in [-0.25, -0.2) is 0 Å². The second kappa shape index (κ2) is 10.1. The zero-order chi connectivity index (χ0) is 23.0. The molecule has 3 fully saturated rings. The molecule has 2 saturated carbocycles. The first-order valence-corrected chi connectivity index (χ1v) is 12.6. The molecule has 1 saturated heterocycles. The van der Waals surface area contributed by atoms with E-state index in [1.54, 1.807) is 12.1 Å². The maximum Gasteiger partial charge on any atom is 0.189 e. The Morgan fingerprint density at radius 1 is 1.12 bits per heavy atom. The molecule has 0 radical (unpaired) electrons. The van der Waals surface area contributed by atoms with Crippen molar-refractivity contribution in [3.63, 3.8) is 0 Å². The van der Waals surface area contributed by atoms with Gasteiger partial charge in [0.2, 0.25) is 0 Å². The van der Waals surface area contributed by atoms with Gasteiger partial charge in [-0.05, 0) is 70.4 Å². The van der Waals surface area contributed by atoms with Crippen LogP contribution in [0.15, 0.2) is 23.2 Å². The van der Waals surface area contributed by atoms with Crippen LogP contribution < -0.4 is 5.32 Å². The molecule has 1 aromatic rings. The van der Waals surface area contributed by atoms with Crippen molar-refractivity contribution in [1.82, 2.24) is 10.2 Å². The Kier molecular flexibility index (Phi) is 7.63. The molecule has 8 heteroatoms. The lowest BCUT2D eigenvalue weighted by Gasteiger charge is -2.47. The molecule has 0 aromatic heterocycles. The fourth-order valence-corrected chi connectivity index (χ4v) is 6.34. The van der Waals surface area contributed by atoms with Crippen molar-refractivity contribution in [2.24, 2.45) is 16.8 Å². The van der Waals surface area contributed by atoms with Crippen molar-refractivity contribution in [2.45, 2.75) is 55.5 Å². The summed E-state index contributed by atoms with van der Waals surface area (Å²) in [5.74, 6) is -1.25. The summed E-state index contributed by atoms with van der Waals surface area (Å²) in [4.78, 5) is 34.0. The van der Waals surface area contributed by atoms with E-state index in [-0.39, 0.29) is 40.9 Å². The number of piperidine rings is 1. The number of nitrogens with zero attached hydrogens (tertiary/aromatic N) is 2. The van der Waals surface area contributed by atoms with Crippen molar-refractivity contribution in [1.29, 1.82) is 0 Å². The number of aliphatic imine (C=N–C) groups is 1. The summed E-state index contributed by atoms with van der Waals surface area (Å²) < 4.78 is 0. The number of carbonyl (C=O) groups is 2. The lowest BCUT2D eigenvalue weighted by molar-refractivity contribution is -0.139. The monoisotopic (exact) mass is 497 g/mol. The number of hydrogen-bond donors (Lipinski definition) is 1. The zero-order valence-electron chi connectivity index (χ0n) is 18.5. The van der Waals surface area contributed by atoms with Crippen LogP contribution in [0.1, 0.15) is 43.6 Å². The third kappa shape index (κ3) is 4.92. The molecule has 0 bridgehead atoms. The number of fused-ring (bicyclic) bond motifs is 2. The molecule has 1 N–H and O–H groups in total. The van der Waals surface area contributed by atoms with Crippen LogP contribution in [0, 0.1) is 11.8 Å². The van der Waals surface area contributed by atoms with Crippen molar-refractivity contribution in [2.75, 3.05) is 27.2 Å². The lowest BCUT2D eigenvalue weighted by Crippen LogP contribution is -2.64. The van der Waals surface area contributed by atoms with Crippen LogP contribution in [0.2, 0.25) is 10.0 Å². The first-order chi connectivity index (χ1) is 15.3. The number of hydrogen-bond acceptors (Lipinski definition) is 5. The predicted octanol–water partition coefficient (Wildman–Crippen LogP) is 4.38. The van der Waals surface area contributed by atoms with Gasteiger partial charge in [0.1, 0.15) is 5.78 Å². The number of rotatable bonds is 5. The highest BCUT2D eigenvalue weighted by atomic mass is 35.5. The summed E-state index contributed by atoms with van der Waals surface area (Å²) in [5, 5.41) is 4.71. The van der Waals surface area contributed by atoms with Crippen LogP contribution >= 0.6 is 34.8 Å². The first-order valence-electron chi connectivity index (χ1n) is 11.4. The number of Topliss-reactive ketones (excluding diaryl/α,β-unsaturated/α-hetero) is 2. The van der Waals surface area contributed by atoms with Gasteiger partial charge in [0.15, 0.2) is 5.78 Å². The normalized spacial score (nSPS) is 34.0. The van der Waals surface area contributed by atoms with E-state index in [0.29, 0.717) is 35.1 Å². The fourth-order valence-electron chi connectivity index (χ4n) is 5.48. The Balaban J connectivity index is 1.66. The summed E-state index contributed by atoms with van der Waals surface area (Å²) in [6.07, 6.45) is 3.84. The van der Waals surface area contributed by atoms with E-state index >= 15 is 0 Å². The molecule has 0 amide bonds. The van der Waals surface area contributed by atoms with Gasteiger partial charge in [0.05, 0.1) is 11.6 Å². The van der Waals surface area contributed by atoms with Crippen molar-refractivity contribution in [3.8, 4) is 0 Å². The molecule has 0 spiro atoms. The molecule has 1 heterocycles. The first kappa shape index (κ1) is 24.2. The molecule has 4 rings (SSSR count). The second-order valence-corrected chi connectivity index (χ2v) is 11.0. The van der Waals surface area contributed by atoms with Crippen LogP contribution in [0.4, 0.5) is 0 Å². The summed E-state index contributed by atoms with van der Waals surface area (Å²) in [6.45, 7) is 1.42. The van der Waals surface area contributed by atoms with Gasteiger partial charge >= 0.3 is 0 Å². The van der Waals surface area contributed by atoms with Crippen LogP contribution in [-0.4, -0.2) is 66.8 Å². The molecule has 1 aromatic carbocycles. The highest BCUT2D eigenvalue weighted by molar-refractivity contribution is 6.47. The van der Waals surface area contributed by atoms with Gasteiger partial charge in [0.25, 0.3) is 0 Å². The van der Waals surface area contributed by atoms with E-state index in [0.717, 1.165) is 31.4 Å². The van der Waals surface area contributed by atoms with Gasteiger partial charge in [-0.1, -0.05) is 29.3 Å². The molecular formula is C24H30Cl3N3O2. The summed E-state index contributed by atoms with van der Waals surface area (Å²) >= 11 is 19.0. The number of halogens is 3. The maximum absolute atomic E-state index is 13.7. The molecule has 174 valence electrons. The van der Waals surface area contributed by atoms with Crippen LogP contribution in [0.5, 0.6) is 0 Å². The average molecular weight is 499 g/mol. The SMILES string of the molecule is CN(C)CCCN=C1C(=O)C2C(=O)C3CC(Cl)CCC3NC2CC1c1ccc(Cl)cc1Cl. The smallest absolute Gasteiger partial charge is 0.189 e. The van der Waals surface area contributed by atoms with E-state index < -0.39 is 5.92 Å². The number of nitrogens with one attached hydrogen (secondary N) is 1. The minimum absolute atomic E-state index is 0.00274. The molecule has 5 nitrogen and oxygen atoms in total. The molecule has 3 aliphatic rings. The molecule has 2 aliphatic carbocycles. The average Bonchev–Trinajstić information content (AvgIpc) is 2.73. The maximum atomic E-state index is 13.7. The molecule has 32 heavy (non-hydrogen) atoms. The molecule has 6 atom stereocenters. The van der Waals surface area contributed by atoms with E-state index in [1.807, 2.05) is 20.2 Å². The Morgan fingerprint density at radius 2 is 1.91 bits per heavy atom. The Labute approximate surface area is 204 Å². The Morgan fingerprint density at radius 3 is 2.62 bits per heavy atom. The summed E-state index contributed by atoms with van der Waals surface area (Å²) in [6, 6.07) is 5.26. The topological polar surface area (TPSA) is 61.8 Å². The highest BCUT2D eigenvalue weighted by Gasteiger charge is 2.53. The van der Waals surface area contributed by atoms with Crippen molar-refractivity contribution < 1.29 is 9.59 Å². The van der Waals surface area contributed by atoms with Gasteiger partial charge in [0, 0.05) is 45.9 Å². The van der Waals surface area contributed by atoms with Crippen LogP contribution in [-0.2, 0) is 9.59 Å². The number of ketones is 2. The Hall–Kier alpha value is -0.980. The van der Waals surface area contributed by atoms with Crippen molar-refractivity contribution >= 4 is 52.1 Å². The van der Waals surface area contributed by atoms with E-state index in [1.165, 1.54) is 0 Å². The van der Waals surface area contributed by atoms with Gasteiger partial charge in [-0.2, -0.15) is 0 Å². The minimum Gasteiger partial charge on any atom is -0.309 e. The summed E-state index contributed by atoms with van der Waals surface area (Å²) in [7, 11) is 4.02. The van der Waals surface area contributed by atoms with Gasteiger partial charge < -0.3 is 10.2 Å². The van der Waals surface area contributed by atoms with Gasteiger partial charge in [-0.15, -0.1) is 11.6 Å². The summed E-state index contributed by atoms with van der Waals surface area (Å²) in [5.41, 5.74) is 1.32. The Bertz CT molecular complexity index is 920. The lowest BCUT2D eigenvalue weighted by atomic mass is 9.64. The van der Waals surface area contributed by atoms with Crippen molar-refractivity contribution in [3.05, 3.63) is 33.8 Å². The molecular weight excluding hydrogens is 469 g/mol. The third-order valence-electron chi connectivity index (χ3n) is 7.03. The number of carbonyl (C=O) groups excluding carboxylic acids is 2. The van der Waals surface area contributed by atoms with Crippen LogP contribution in [0.3, 0.4) is 0 Å². The predicted molar refractivity (Wildman–Crippen MR) is 130 cm³/mol. The standard InChI is InChI=1S/C24H30Cl3N3O2/c1-30(2)9-3-8-28-22-16(15-6-4-14(26)11-18(15)27)12-20-21(24(22)32)23(31)17-10-13(25)5-7-19(17)29-20/h4,6,11,13,16-17,19-21,29H,3,5,7-10,12H2,1-2H3. The zero-order valence-corrected chi connectivity index (χ0v) is 20.8. The second-order valence-electron chi connectivity index (χ2n) is 9.52. The number of benzene rings is 1. The number of alkyl halides is 1. The van der Waals surface area contributed by atoms with Crippen LogP contribution in [0.25, 0.3) is 0 Å².